The maximum absolute atomic E-state index is 11.2. The third-order valence-electron chi connectivity index (χ3n) is 5.26. The second kappa shape index (κ2) is 17.8. The number of carbonyl (C=O) groups is 4. The summed E-state index contributed by atoms with van der Waals surface area (Å²) in [6.07, 6.45) is 0. The normalized spacial score (nSPS) is 10.7. The molecule has 2 aromatic carbocycles. The van der Waals surface area contributed by atoms with Crippen molar-refractivity contribution >= 4 is 93.7 Å². The molecular weight excluding hydrogens is 620 g/mol. The molecule has 1 aromatic heterocycles. The Balaban J connectivity index is 0. The quantitative estimate of drug-likeness (QED) is 0.206. The number of amides is 1. The van der Waals surface area contributed by atoms with Crippen LogP contribution in [0.25, 0.3) is 10.9 Å². The summed E-state index contributed by atoms with van der Waals surface area (Å²) in [5.41, 5.74) is 1.59. The summed E-state index contributed by atoms with van der Waals surface area (Å²) in [6.45, 7) is 5.35. The molecule has 2 heterocycles. The largest absolute Gasteiger partial charge is 2.00 e. The minimum absolute atomic E-state index is 0. The molecule has 4 rings (SSSR count). The number of alkyl halides is 1. The number of benzene rings is 2. The Labute approximate surface area is 268 Å². The van der Waals surface area contributed by atoms with Crippen LogP contribution in [0.1, 0.15) is 40.3 Å². The fourth-order valence-corrected chi connectivity index (χ4v) is 3.75. The molecule has 1 aliphatic rings. The van der Waals surface area contributed by atoms with E-state index in [1.807, 2.05) is 13.8 Å². The van der Waals surface area contributed by atoms with Crippen LogP contribution in [0.4, 0.5) is 5.69 Å². The second-order valence-corrected chi connectivity index (χ2v) is 8.62. The zero-order valence-electron chi connectivity index (χ0n) is 22.5. The molecule has 1 aliphatic heterocycles. The van der Waals surface area contributed by atoms with Crippen molar-refractivity contribution in [2.45, 2.75) is 20.8 Å². The summed E-state index contributed by atoms with van der Waals surface area (Å²) < 4.78 is 9.96. The van der Waals surface area contributed by atoms with Gasteiger partial charge in [0.15, 0.2) is 5.75 Å². The van der Waals surface area contributed by atoms with E-state index in [-0.39, 0.29) is 71.7 Å². The number of rotatable bonds is 5. The predicted molar refractivity (Wildman–Crippen MR) is 151 cm³/mol. The first-order chi connectivity index (χ1) is 17.4. The number of halogens is 1. The molecule has 0 unspecified atom stereocenters. The van der Waals surface area contributed by atoms with Crippen LogP contribution in [0.15, 0.2) is 36.4 Å². The Kier molecular flexibility index (Phi) is 17.5. The number of aromatic carboxylic acids is 1. The number of nitrogens with zero attached hydrogens (tertiary/aromatic N) is 1. The number of anilines is 1. The van der Waals surface area contributed by atoms with Gasteiger partial charge in [0.25, 0.3) is 11.7 Å². The van der Waals surface area contributed by atoms with Gasteiger partial charge in [-0.05, 0) is 43.3 Å². The van der Waals surface area contributed by atoms with E-state index >= 15 is 0 Å². The van der Waals surface area contributed by atoms with Gasteiger partial charge in [0.05, 0.1) is 42.0 Å². The fourth-order valence-electron chi connectivity index (χ4n) is 3.10. The van der Waals surface area contributed by atoms with Gasteiger partial charge in [-0.15, -0.1) is 0 Å². The van der Waals surface area contributed by atoms with Gasteiger partial charge in [-0.1, -0.05) is 29.8 Å². The Bertz CT molecular complexity index is 1370. The number of carboxylic acid groups (broad SMARTS) is 1. The number of fused-ring (bicyclic) bond motifs is 2. The Morgan fingerprint density at radius 3 is 2.05 bits per heavy atom. The minimum atomic E-state index is -1.19. The van der Waals surface area contributed by atoms with Crippen LogP contribution in [0.5, 0.6) is 17.2 Å². The van der Waals surface area contributed by atoms with Crippen molar-refractivity contribution in [3.05, 3.63) is 53.2 Å². The molecule has 212 valence electrons. The molecule has 0 saturated heterocycles. The van der Waals surface area contributed by atoms with Gasteiger partial charge >= 0.3 is 43.7 Å². The number of ketones is 2. The number of pyridine rings is 1. The zero-order valence-corrected chi connectivity index (χ0v) is 26.3. The maximum atomic E-state index is 11.2. The van der Waals surface area contributed by atoms with Crippen molar-refractivity contribution in [1.82, 2.24) is 4.98 Å². The monoisotopic (exact) mass is 648 g/mol. The van der Waals surface area contributed by atoms with Crippen LogP contribution >= 0.6 is 15.9 Å². The van der Waals surface area contributed by atoms with Crippen molar-refractivity contribution in [2.24, 2.45) is 5.92 Å². The summed E-state index contributed by atoms with van der Waals surface area (Å²) in [7, 11) is 3.00. The van der Waals surface area contributed by atoms with Gasteiger partial charge in [0.1, 0.15) is 22.8 Å². The molecule has 0 radical (unpaired) electrons. The topological polar surface area (TPSA) is 212 Å². The first kappa shape index (κ1) is 39.3. The standard InChI is InChI=1S/C12H11NO4.C9H7NO3.C5H9BrO.Ca.2H2O/c1-6-11(14)10(12(15)16)8-5-7(17-2)3-4-9(8)13-6;1-13-5-2-3-7-6(4-5)8(11)9(12)10-7;1-4(2)5(7)3-6;;;/h3-5,14H,1-2H3,(H,15,16);2-4H,1H3,(H,10,11,12);4H,3H2,1-2H3;;2*1H2/q;;;+2;;/p-2. The number of methoxy groups -OCH3 is 2. The van der Waals surface area contributed by atoms with Crippen LogP contribution in [-0.2, 0) is 9.59 Å². The summed E-state index contributed by atoms with van der Waals surface area (Å²) in [5.74, 6) is -1.05. The smallest absolute Gasteiger partial charge is 0.870 e. The Hall–Kier alpha value is -2.81. The van der Waals surface area contributed by atoms with Crippen LogP contribution in [-0.4, -0.2) is 107 Å². The summed E-state index contributed by atoms with van der Waals surface area (Å²) in [6, 6.07) is 9.79. The van der Waals surface area contributed by atoms with Gasteiger partial charge in [-0.2, -0.15) is 0 Å². The van der Waals surface area contributed by atoms with Crippen LogP contribution in [0.3, 0.4) is 0 Å². The number of aromatic hydroxyl groups is 1. The molecule has 0 atom stereocenters. The van der Waals surface area contributed by atoms with E-state index in [9.17, 15) is 24.3 Å². The van der Waals surface area contributed by atoms with E-state index in [1.54, 1.807) is 43.3 Å². The average molecular weight is 650 g/mol. The van der Waals surface area contributed by atoms with Crippen molar-refractivity contribution in [3.8, 4) is 17.2 Å². The van der Waals surface area contributed by atoms with E-state index < -0.39 is 17.7 Å². The average Bonchev–Trinajstić information content (AvgIpc) is 3.16. The van der Waals surface area contributed by atoms with Crippen LogP contribution in [0.2, 0.25) is 0 Å². The zero-order chi connectivity index (χ0) is 27.9. The molecule has 5 N–H and O–H groups in total. The first-order valence-corrected chi connectivity index (χ1v) is 12.1. The third-order valence-corrected chi connectivity index (χ3v) is 5.81. The molecule has 0 bridgehead atoms. The van der Waals surface area contributed by atoms with Crippen molar-refractivity contribution in [1.29, 1.82) is 0 Å². The SMILES string of the molecule is CC(C)C(=O)CBr.COc1ccc2c(c1)C(=O)C(=O)N2.COc1ccc2nc(C)c(O)c(C(=O)O)c2c1.[Ca+2].[OH-].[OH-]. The molecular formula is C26H29BrCaN2O10. The number of hydrogen-bond acceptors (Lipinski definition) is 10. The molecule has 3 aromatic rings. The second-order valence-electron chi connectivity index (χ2n) is 8.06. The molecule has 12 nitrogen and oxygen atoms in total. The predicted octanol–water partition coefficient (Wildman–Crippen LogP) is 3.66. The number of carbonyl (C=O) groups excluding carboxylic acids is 3. The van der Waals surface area contributed by atoms with Crippen molar-refractivity contribution in [3.63, 3.8) is 0 Å². The number of Topliss-reactive ketones (excluding diaryl/α,β-unsaturated/α-hetero) is 2. The molecule has 0 fully saturated rings. The molecule has 40 heavy (non-hydrogen) atoms. The molecule has 1 amide bonds. The van der Waals surface area contributed by atoms with Gasteiger partial charge < -0.3 is 36.0 Å². The van der Waals surface area contributed by atoms with Gasteiger partial charge in [-0.3, -0.25) is 14.4 Å². The van der Waals surface area contributed by atoms with Crippen LogP contribution < -0.4 is 14.8 Å². The van der Waals surface area contributed by atoms with E-state index in [1.165, 1.54) is 14.2 Å². The van der Waals surface area contributed by atoms with E-state index in [0.717, 1.165) is 0 Å². The van der Waals surface area contributed by atoms with E-state index in [2.05, 4.69) is 26.2 Å². The van der Waals surface area contributed by atoms with Crippen molar-refractivity contribution in [2.75, 3.05) is 24.9 Å². The molecule has 0 saturated carbocycles. The van der Waals surface area contributed by atoms with Crippen LogP contribution in [0, 0.1) is 12.8 Å². The van der Waals surface area contributed by atoms with Gasteiger partial charge in [0, 0.05) is 11.3 Å². The number of carboxylic acids is 1. The van der Waals surface area contributed by atoms with Gasteiger partial charge in [0.2, 0.25) is 0 Å². The number of ether oxygens (including phenoxy) is 2. The fraction of sp³-hybridized carbons (Fsp3) is 0.269. The summed E-state index contributed by atoms with van der Waals surface area (Å²) in [4.78, 5) is 47.9. The molecule has 14 heteroatoms. The molecule has 0 spiro atoms. The van der Waals surface area contributed by atoms with Gasteiger partial charge in [-0.25, -0.2) is 9.78 Å². The number of hydrogen-bond donors (Lipinski definition) is 3. The summed E-state index contributed by atoms with van der Waals surface area (Å²) in [5, 5.41) is 22.2. The first-order valence-electron chi connectivity index (χ1n) is 11.0. The summed E-state index contributed by atoms with van der Waals surface area (Å²) >= 11 is 3.07. The number of nitrogens with one attached hydrogen (secondary N) is 1. The number of aryl methyl sites for hydroxylation is 1. The van der Waals surface area contributed by atoms with E-state index in [4.69, 9.17) is 14.6 Å². The Morgan fingerprint density at radius 2 is 1.57 bits per heavy atom. The Morgan fingerprint density at radius 1 is 1.02 bits per heavy atom. The van der Waals surface area contributed by atoms with E-state index in [0.29, 0.717) is 44.7 Å². The minimum Gasteiger partial charge on any atom is -0.870 e. The molecule has 0 aliphatic carbocycles. The maximum Gasteiger partial charge on any atom is 2.00 e. The number of aromatic nitrogens is 1. The van der Waals surface area contributed by atoms with Crippen molar-refractivity contribution < 1.29 is 49.8 Å². The third kappa shape index (κ3) is 9.68.